The van der Waals surface area contributed by atoms with Gasteiger partial charge in [-0.25, -0.2) is 0 Å². The van der Waals surface area contributed by atoms with E-state index in [0.717, 1.165) is 6.42 Å². The zero-order valence-electron chi connectivity index (χ0n) is 14.9. The highest BCUT2D eigenvalue weighted by Gasteiger charge is 2.27. The first-order valence-corrected chi connectivity index (χ1v) is 9.36. The highest BCUT2D eigenvalue weighted by molar-refractivity contribution is 5.85. The van der Waals surface area contributed by atoms with Crippen molar-refractivity contribution in [1.29, 1.82) is 0 Å². The number of aliphatic hydroxyl groups is 2. The number of halogens is 1. The second-order valence-electron chi connectivity index (χ2n) is 7.01. The second-order valence-corrected chi connectivity index (χ2v) is 7.01. The molecule has 0 spiro atoms. The fourth-order valence-corrected chi connectivity index (χ4v) is 3.38. The predicted molar refractivity (Wildman–Crippen MR) is 103 cm³/mol. The van der Waals surface area contributed by atoms with E-state index in [-0.39, 0.29) is 24.6 Å². The van der Waals surface area contributed by atoms with Crippen LogP contribution < -0.4 is 5.32 Å². The molecule has 4 heteroatoms. The van der Waals surface area contributed by atoms with Gasteiger partial charge in [0.1, 0.15) is 0 Å². The van der Waals surface area contributed by atoms with Crippen LogP contribution >= 0.6 is 12.4 Å². The molecule has 2 rings (SSSR count). The minimum absolute atomic E-state index is 0. The number of nitrogens with one attached hydrogen (secondary N) is 1. The van der Waals surface area contributed by atoms with E-state index in [1.165, 1.54) is 49.7 Å². The van der Waals surface area contributed by atoms with Gasteiger partial charge in [-0.3, -0.25) is 0 Å². The molecule has 0 aliphatic carbocycles. The first kappa shape index (κ1) is 21.4. The van der Waals surface area contributed by atoms with Gasteiger partial charge in [0.15, 0.2) is 0 Å². The lowest BCUT2D eigenvalue weighted by Crippen LogP contribution is -2.36. The van der Waals surface area contributed by atoms with Crippen LogP contribution in [0.25, 0.3) is 0 Å². The quantitative estimate of drug-likeness (QED) is 0.562. The van der Waals surface area contributed by atoms with E-state index < -0.39 is 6.10 Å². The normalized spacial score (nSPS) is 21.5. The lowest BCUT2D eigenvalue weighted by molar-refractivity contribution is 0.124. The highest BCUT2D eigenvalue weighted by Crippen LogP contribution is 2.16. The lowest BCUT2D eigenvalue weighted by Gasteiger charge is -2.18. The molecule has 0 bridgehead atoms. The van der Waals surface area contributed by atoms with Crippen molar-refractivity contribution in [3.05, 3.63) is 35.4 Å². The van der Waals surface area contributed by atoms with Crippen LogP contribution in [-0.2, 0) is 12.8 Å². The molecule has 1 saturated heterocycles. The zero-order valence-corrected chi connectivity index (χ0v) is 15.7. The molecule has 3 nitrogen and oxygen atoms in total. The van der Waals surface area contributed by atoms with Crippen molar-refractivity contribution >= 4 is 12.4 Å². The number of unbranched alkanes of at least 4 members (excludes halogenated alkanes) is 5. The first-order valence-electron chi connectivity index (χ1n) is 9.36. The van der Waals surface area contributed by atoms with Crippen molar-refractivity contribution in [2.45, 2.75) is 83.0 Å². The van der Waals surface area contributed by atoms with Crippen molar-refractivity contribution < 1.29 is 10.2 Å². The molecule has 1 heterocycles. The second kappa shape index (κ2) is 11.9. The number of hydrogen-bond acceptors (Lipinski definition) is 3. The molecular formula is C20H34ClNO2. The third-order valence-electron chi connectivity index (χ3n) is 4.89. The predicted octanol–water partition coefficient (Wildman–Crippen LogP) is 3.64. The smallest absolute Gasteiger partial charge is 0.0734 e. The Kier molecular flexibility index (Phi) is 10.6. The van der Waals surface area contributed by atoms with E-state index in [2.05, 4.69) is 36.5 Å². The summed E-state index contributed by atoms with van der Waals surface area (Å²) >= 11 is 0. The average molecular weight is 356 g/mol. The van der Waals surface area contributed by atoms with Crippen LogP contribution in [0.5, 0.6) is 0 Å². The van der Waals surface area contributed by atoms with E-state index in [1.54, 1.807) is 0 Å². The molecule has 3 N–H and O–H groups in total. The number of β-amino-alcohol motifs (C(OH)–C–C–N with tert-alkyl or cyclic N) is 1. The van der Waals surface area contributed by atoms with Crippen LogP contribution in [-0.4, -0.2) is 35.0 Å². The van der Waals surface area contributed by atoms with Gasteiger partial charge in [0.05, 0.1) is 12.2 Å². The fraction of sp³-hybridized carbons (Fsp3) is 0.700. The lowest BCUT2D eigenvalue weighted by atomic mass is 9.98. The Hall–Kier alpha value is -0.610. The summed E-state index contributed by atoms with van der Waals surface area (Å²) in [6, 6.07) is 8.70. The Morgan fingerprint density at radius 3 is 2.29 bits per heavy atom. The minimum Gasteiger partial charge on any atom is -0.392 e. The molecule has 3 atom stereocenters. The van der Waals surface area contributed by atoms with E-state index in [1.807, 2.05) is 0 Å². The van der Waals surface area contributed by atoms with Gasteiger partial charge in [0.25, 0.3) is 0 Å². The summed E-state index contributed by atoms with van der Waals surface area (Å²) in [7, 11) is 0. The Morgan fingerprint density at radius 1 is 1.04 bits per heavy atom. The SMILES string of the molecule is CCCCCCCCc1ccc(CC(O)[C@H]2C[C@H](O)CN2)cc1.Cl. The molecule has 1 fully saturated rings. The van der Waals surface area contributed by atoms with Crippen LogP contribution in [0.3, 0.4) is 0 Å². The first-order chi connectivity index (χ1) is 11.2. The summed E-state index contributed by atoms with van der Waals surface area (Å²) in [5.74, 6) is 0. The Labute approximate surface area is 153 Å². The van der Waals surface area contributed by atoms with Gasteiger partial charge in [0.2, 0.25) is 0 Å². The molecule has 0 aromatic heterocycles. The maximum atomic E-state index is 10.3. The number of aryl methyl sites for hydroxylation is 1. The summed E-state index contributed by atoms with van der Waals surface area (Å²) in [6.07, 6.45) is 9.74. The molecule has 1 aliphatic heterocycles. The van der Waals surface area contributed by atoms with Crippen LogP contribution in [0.15, 0.2) is 24.3 Å². The Balaban J connectivity index is 0.00000288. The molecule has 1 aromatic carbocycles. The van der Waals surface area contributed by atoms with E-state index in [0.29, 0.717) is 19.4 Å². The van der Waals surface area contributed by atoms with E-state index >= 15 is 0 Å². The third kappa shape index (κ3) is 7.52. The van der Waals surface area contributed by atoms with Gasteiger partial charge in [-0.2, -0.15) is 0 Å². The van der Waals surface area contributed by atoms with Crippen LogP contribution in [0.2, 0.25) is 0 Å². The topological polar surface area (TPSA) is 52.5 Å². The minimum atomic E-state index is -0.420. The average Bonchev–Trinajstić information content (AvgIpc) is 2.99. The molecule has 0 radical (unpaired) electrons. The summed E-state index contributed by atoms with van der Waals surface area (Å²) in [5.41, 5.74) is 2.57. The highest BCUT2D eigenvalue weighted by atomic mass is 35.5. The molecule has 0 amide bonds. The van der Waals surface area contributed by atoms with Gasteiger partial charge < -0.3 is 15.5 Å². The number of aliphatic hydroxyl groups excluding tert-OH is 2. The van der Waals surface area contributed by atoms with Crippen LogP contribution in [0, 0.1) is 0 Å². The molecule has 1 aliphatic rings. The molecule has 0 saturated carbocycles. The van der Waals surface area contributed by atoms with Gasteiger partial charge >= 0.3 is 0 Å². The maximum absolute atomic E-state index is 10.3. The molecular weight excluding hydrogens is 322 g/mol. The van der Waals surface area contributed by atoms with Crippen molar-refractivity contribution in [2.75, 3.05) is 6.54 Å². The van der Waals surface area contributed by atoms with E-state index in [4.69, 9.17) is 0 Å². The largest absolute Gasteiger partial charge is 0.392 e. The van der Waals surface area contributed by atoms with Crippen molar-refractivity contribution in [2.24, 2.45) is 0 Å². The van der Waals surface area contributed by atoms with Crippen LogP contribution in [0.4, 0.5) is 0 Å². The standard InChI is InChI=1S/C20H33NO2.ClH/c1-2-3-4-5-6-7-8-16-9-11-17(12-10-16)13-20(23)19-14-18(22)15-21-19;/h9-12,18-23H,2-8,13-15H2,1H3;1H/t18-,19+,20?;/m0./s1. The van der Waals surface area contributed by atoms with Crippen molar-refractivity contribution in [3.8, 4) is 0 Å². The summed E-state index contributed by atoms with van der Waals surface area (Å²) in [6.45, 7) is 2.85. The Bertz CT molecular complexity index is 438. The third-order valence-corrected chi connectivity index (χ3v) is 4.89. The van der Waals surface area contributed by atoms with Crippen molar-refractivity contribution in [3.63, 3.8) is 0 Å². The molecule has 1 aromatic rings. The maximum Gasteiger partial charge on any atom is 0.0734 e. The summed E-state index contributed by atoms with van der Waals surface area (Å²) < 4.78 is 0. The van der Waals surface area contributed by atoms with Gasteiger partial charge in [-0.15, -0.1) is 12.4 Å². The van der Waals surface area contributed by atoms with Gasteiger partial charge in [-0.1, -0.05) is 63.3 Å². The summed E-state index contributed by atoms with van der Waals surface area (Å²) in [4.78, 5) is 0. The van der Waals surface area contributed by atoms with Crippen molar-refractivity contribution in [1.82, 2.24) is 5.32 Å². The zero-order chi connectivity index (χ0) is 16.5. The van der Waals surface area contributed by atoms with E-state index in [9.17, 15) is 10.2 Å². The fourth-order valence-electron chi connectivity index (χ4n) is 3.38. The number of hydrogen-bond donors (Lipinski definition) is 3. The van der Waals surface area contributed by atoms with Crippen LogP contribution in [0.1, 0.15) is 63.0 Å². The summed E-state index contributed by atoms with van der Waals surface area (Å²) in [5, 5.41) is 23.0. The van der Waals surface area contributed by atoms with Gasteiger partial charge in [0, 0.05) is 12.6 Å². The monoisotopic (exact) mass is 355 g/mol. The molecule has 24 heavy (non-hydrogen) atoms. The van der Waals surface area contributed by atoms with Gasteiger partial charge in [-0.05, 0) is 36.8 Å². The number of benzene rings is 1. The Morgan fingerprint density at radius 2 is 1.67 bits per heavy atom. The number of rotatable bonds is 10. The molecule has 138 valence electrons. The molecule has 1 unspecified atom stereocenters.